The fraction of sp³-hybridized carbons (Fsp3) is 0.217. The highest BCUT2D eigenvalue weighted by atomic mass is 16.3. The summed E-state index contributed by atoms with van der Waals surface area (Å²) in [5, 5.41) is 2.29. The summed E-state index contributed by atoms with van der Waals surface area (Å²) in [6.07, 6.45) is 12.8. The van der Waals surface area contributed by atoms with Gasteiger partial charge < -0.3 is 9.32 Å². The summed E-state index contributed by atoms with van der Waals surface area (Å²) in [4.78, 5) is 2.55. The Morgan fingerprint density at radius 1 is 0.380 bits per heavy atom. The Kier molecular flexibility index (Phi) is 9.76. The van der Waals surface area contributed by atoms with E-state index in [-0.39, 0.29) is 10.8 Å². The Morgan fingerprint density at radius 2 is 0.915 bits per heavy atom. The van der Waals surface area contributed by atoms with Gasteiger partial charge in [-0.25, -0.2) is 0 Å². The Balaban J connectivity index is 1.02. The minimum absolute atomic E-state index is 0.160. The first-order chi connectivity index (χ1) is 34.9. The molecule has 0 amide bonds. The number of nitrogens with zero attached hydrogens (tertiary/aromatic N) is 1. The van der Waals surface area contributed by atoms with E-state index in [2.05, 4.69) is 219 Å². The predicted molar refractivity (Wildman–Crippen MR) is 296 cm³/mol. The average Bonchev–Trinajstić information content (AvgIpc) is 4.07. The Bertz CT molecular complexity index is 3620. The van der Waals surface area contributed by atoms with E-state index in [0.717, 1.165) is 44.4 Å². The fourth-order valence-electron chi connectivity index (χ4n) is 14.1. The van der Waals surface area contributed by atoms with Gasteiger partial charge in [-0.1, -0.05) is 222 Å². The minimum atomic E-state index is -0.492. The smallest absolute Gasteiger partial charge is 0.143 e. The van der Waals surface area contributed by atoms with Gasteiger partial charge in [0, 0.05) is 33.2 Å². The molecule has 9 aromatic carbocycles. The second-order valence-corrected chi connectivity index (χ2v) is 21.8. The summed E-state index contributed by atoms with van der Waals surface area (Å²) in [6, 6.07) is 76.1. The van der Waals surface area contributed by atoms with Crippen molar-refractivity contribution in [1.82, 2.24) is 0 Å². The zero-order valence-corrected chi connectivity index (χ0v) is 41.0. The molecule has 0 atom stereocenters. The Labute approximate surface area is 418 Å². The molecule has 0 saturated heterocycles. The van der Waals surface area contributed by atoms with Gasteiger partial charge >= 0.3 is 0 Å². The molecule has 2 nitrogen and oxygen atoms in total. The molecule has 2 heteroatoms. The van der Waals surface area contributed by atoms with E-state index < -0.39 is 5.41 Å². The van der Waals surface area contributed by atoms with Crippen molar-refractivity contribution in [3.63, 3.8) is 0 Å². The fourth-order valence-corrected chi connectivity index (χ4v) is 14.1. The van der Waals surface area contributed by atoms with E-state index in [9.17, 15) is 0 Å². The first-order valence-corrected chi connectivity index (χ1v) is 26.4. The average molecular weight is 918 g/mol. The number of anilines is 3. The molecule has 0 aliphatic heterocycles. The van der Waals surface area contributed by atoms with E-state index in [4.69, 9.17) is 4.42 Å². The first-order valence-electron chi connectivity index (χ1n) is 26.4. The van der Waals surface area contributed by atoms with Gasteiger partial charge in [0.2, 0.25) is 0 Å². The van der Waals surface area contributed by atoms with Crippen molar-refractivity contribution in [2.75, 3.05) is 4.90 Å². The largest absolute Gasteiger partial charge is 0.455 e. The quantitative estimate of drug-likeness (QED) is 0.158. The summed E-state index contributed by atoms with van der Waals surface area (Å²) in [6.45, 7) is 5.09. The summed E-state index contributed by atoms with van der Waals surface area (Å²) >= 11 is 0. The molecule has 1 heterocycles. The van der Waals surface area contributed by atoms with Crippen LogP contribution in [0.15, 0.2) is 205 Å². The topological polar surface area (TPSA) is 16.4 Å². The lowest BCUT2D eigenvalue weighted by Crippen LogP contribution is -2.30. The van der Waals surface area contributed by atoms with Gasteiger partial charge in [-0.2, -0.15) is 0 Å². The number of hydrogen-bond acceptors (Lipinski definition) is 2. The van der Waals surface area contributed by atoms with E-state index >= 15 is 0 Å². The van der Waals surface area contributed by atoms with Crippen LogP contribution < -0.4 is 4.90 Å². The zero-order chi connectivity index (χ0) is 47.3. The summed E-state index contributed by atoms with van der Waals surface area (Å²) in [5.41, 5.74) is 23.8. The molecule has 4 aliphatic rings. The van der Waals surface area contributed by atoms with Crippen LogP contribution in [0.5, 0.6) is 0 Å². The van der Waals surface area contributed by atoms with E-state index in [0.29, 0.717) is 0 Å². The van der Waals surface area contributed by atoms with E-state index in [1.165, 1.54) is 137 Å². The lowest BCUT2D eigenvalue weighted by Gasteiger charge is -2.37. The molecule has 0 radical (unpaired) electrons. The zero-order valence-electron chi connectivity index (χ0n) is 41.0. The minimum Gasteiger partial charge on any atom is -0.455 e. The number of furan rings is 1. The summed E-state index contributed by atoms with van der Waals surface area (Å²) in [7, 11) is 0. The molecule has 71 heavy (non-hydrogen) atoms. The van der Waals surface area contributed by atoms with Crippen LogP contribution in [0.4, 0.5) is 17.1 Å². The SMILES string of the molecule is CC1(c2ccc3c(c2)C2(c4cc(C5(C)CCCCC5)ccc4-3)c3ccccc3-c3c(N(c4ccc(-c5cccc6c5oc5ccccc56)cc4)c4ccccc4-c4ccccc4)cccc32)CCCCC1. The Morgan fingerprint density at radius 3 is 1.62 bits per heavy atom. The van der Waals surface area contributed by atoms with Crippen molar-refractivity contribution >= 4 is 39.0 Å². The van der Waals surface area contributed by atoms with Gasteiger partial charge in [0.1, 0.15) is 11.2 Å². The van der Waals surface area contributed by atoms with Crippen molar-refractivity contribution in [2.45, 2.75) is 94.3 Å². The van der Waals surface area contributed by atoms with Gasteiger partial charge in [-0.15, -0.1) is 0 Å². The number of fused-ring (bicyclic) bond motifs is 13. The summed E-state index contributed by atoms with van der Waals surface area (Å²) in [5.74, 6) is 0. The van der Waals surface area contributed by atoms with Crippen LogP contribution in [0.1, 0.15) is 111 Å². The van der Waals surface area contributed by atoms with Crippen molar-refractivity contribution in [3.05, 3.63) is 234 Å². The molecule has 2 saturated carbocycles. The van der Waals surface area contributed by atoms with Gasteiger partial charge in [0.15, 0.2) is 0 Å². The van der Waals surface area contributed by atoms with Crippen LogP contribution >= 0.6 is 0 Å². The van der Waals surface area contributed by atoms with Gasteiger partial charge in [0.25, 0.3) is 0 Å². The third-order valence-corrected chi connectivity index (χ3v) is 17.8. The third-order valence-electron chi connectivity index (χ3n) is 17.8. The van der Waals surface area contributed by atoms with Crippen LogP contribution in [-0.4, -0.2) is 0 Å². The molecule has 2 fully saturated rings. The monoisotopic (exact) mass is 917 g/mol. The maximum Gasteiger partial charge on any atom is 0.143 e. The maximum absolute atomic E-state index is 6.58. The van der Waals surface area contributed by atoms with Crippen molar-refractivity contribution < 1.29 is 4.42 Å². The lowest BCUT2D eigenvalue weighted by atomic mass is 9.66. The maximum atomic E-state index is 6.58. The molecular formula is C69H59NO. The molecule has 346 valence electrons. The normalized spacial score (nSPS) is 16.9. The molecule has 0 N–H and O–H groups in total. The standard InChI is InChI=1S/C69H59NO/c1-67(40-14-4-15-41-67)48-34-38-53-54-39-35-49(68(2)42-16-5-17-43-68)45-61(54)69(60(53)44-48)58-27-11-8-24-57(58)65-59(69)28-19-30-63(65)70(62-29-12-9-22-51(62)46-20-6-3-7-21-46)50-36-32-47(33-37-50)52-25-18-26-56-55-23-10-13-31-64(55)71-66(52)56/h3,6-13,18-39,44-45H,4-5,14-17,40-43H2,1-2H3. The molecule has 0 bridgehead atoms. The van der Waals surface area contributed by atoms with Crippen LogP contribution in [-0.2, 0) is 16.2 Å². The predicted octanol–water partition coefficient (Wildman–Crippen LogP) is 19.2. The van der Waals surface area contributed by atoms with Gasteiger partial charge in [-0.05, 0) is 128 Å². The number of para-hydroxylation sites is 3. The van der Waals surface area contributed by atoms with Crippen molar-refractivity contribution in [2.24, 2.45) is 0 Å². The number of hydrogen-bond donors (Lipinski definition) is 0. The highest BCUT2D eigenvalue weighted by Gasteiger charge is 2.53. The second kappa shape index (κ2) is 16.3. The van der Waals surface area contributed by atoms with E-state index in [1.807, 2.05) is 0 Å². The number of benzene rings is 9. The first kappa shape index (κ1) is 42.5. The molecule has 0 unspecified atom stereocenters. The third kappa shape index (κ3) is 6.39. The molecular weight excluding hydrogens is 859 g/mol. The molecule has 1 spiro atoms. The molecule has 14 rings (SSSR count). The summed E-state index contributed by atoms with van der Waals surface area (Å²) < 4.78 is 6.58. The second-order valence-electron chi connectivity index (χ2n) is 21.8. The van der Waals surface area contributed by atoms with Crippen molar-refractivity contribution in [1.29, 1.82) is 0 Å². The van der Waals surface area contributed by atoms with Gasteiger partial charge in [0.05, 0.1) is 16.8 Å². The Hall–Kier alpha value is -7.42. The highest BCUT2D eigenvalue weighted by molar-refractivity contribution is 6.10. The molecule has 1 aromatic heterocycles. The van der Waals surface area contributed by atoms with E-state index in [1.54, 1.807) is 0 Å². The molecule has 4 aliphatic carbocycles. The molecule has 10 aromatic rings. The van der Waals surface area contributed by atoms with Gasteiger partial charge in [-0.3, -0.25) is 0 Å². The van der Waals surface area contributed by atoms with Crippen LogP contribution in [0, 0.1) is 0 Å². The lowest BCUT2D eigenvalue weighted by molar-refractivity contribution is 0.319. The number of rotatable bonds is 7. The van der Waals surface area contributed by atoms with Crippen LogP contribution in [0.25, 0.3) is 66.4 Å². The highest BCUT2D eigenvalue weighted by Crippen LogP contribution is 2.66. The van der Waals surface area contributed by atoms with Crippen molar-refractivity contribution in [3.8, 4) is 44.5 Å². The van der Waals surface area contributed by atoms with Crippen LogP contribution in [0.2, 0.25) is 0 Å². The van der Waals surface area contributed by atoms with Crippen LogP contribution in [0.3, 0.4) is 0 Å².